The molecule has 1 aliphatic heterocycles. The van der Waals surface area contributed by atoms with Gasteiger partial charge in [-0.25, -0.2) is 0 Å². The van der Waals surface area contributed by atoms with Gasteiger partial charge in [0.1, 0.15) is 5.71 Å². The third-order valence-electron chi connectivity index (χ3n) is 2.77. The first-order valence-corrected chi connectivity index (χ1v) is 5.98. The summed E-state index contributed by atoms with van der Waals surface area (Å²) < 4.78 is 0. The number of hydrogen-bond acceptors (Lipinski definition) is 4. The molecule has 18 heavy (non-hydrogen) atoms. The fraction of sp³-hybridized carbons (Fsp3) is 0.455. The maximum Gasteiger partial charge on any atom is 0.271 e. The van der Waals surface area contributed by atoms with Gasteiger partial charge in [0.15, 0.2) is 5.52 Å². The Hall–Kier alpha value is -2.35. The van der Waals surface area contributed by atoms with Crippen LogP contribution in [0.2, 0.25) is 0 Å². The normalized spacial score (nSPS) is 16.2. The summed E-state index contributed by atoms with van der Waals surface area (Å²) in [6.07, 6.45) is 5.01. The van der Waals surface area contributed by atoms with Crippen LogP contribution in [0.15, 0.2) is 12.2 Å². The second kappa shape index (κ2) is 7.07. The molecule has 0 bridgehead atoms. The number of nitrogens with one attached hydrogen (secondary N) is 2. The topological polar surface area (TPSA) is 85.1 Å². The Balaban J connectivity index is 0.00000289. The van der Waals surface area contributed by atoms with Crippen LogP contribution < -0.4 is 0 Å². The molecule has 1 heterocycles. The maximum absolute atomic E-state index is 11.8. The average molecular weight is 505 g/mol. The molecule has 0 aliphatic carbocycles. The molecule has 0 saturated carbocycles. The summed E-state index contributed by atoms with van der Waals surface area (Å²) in [5.74, 6) is -0.312. The molecule has 0 aromatic heterocycles. The summed E-state index contributed by atoms with van der Waals surface area (Å²) in [4.78, 5) is 24.5. The number of likely N-dealkylation sites (tertiary alicyclic amines) is 1. The molecule has 1 unspecified atom stereocenters. The van der Waals surface area contributed by atoms with E-state index in [-0.39, 0.29) is 23.1 Å². The Morgan fingerprint density at radius 3 is 2.28 bits per heavy atom. The summed E-state index contributed by atoms with van der Waals surface area (Å²) in [6, 6.07) is 0. The number of hydrogen-bond donors (Lipinski definition) is 2. The second-order valence-electron chi connectivity index (χ2n) is 3.91. The summed E-state index contributed by atoms with van der Waals surface area (Å²) in [7, 11) is 2.18. The quantitative estimate of drug-likeness (QED) is 0.439. The van der Waals surface area contributed by atoms with Crippen molar-refractivity contribution in [1.82, 2.24) is 4.90 Å². The molecule has 1 fully saturated rings. The smallest absolute Gasteiger partial charge is 0.271 e. The minimum atomic E-state index is -0.335. The number of allylic oxidation sites excluding steroid dienone is 1. The predicted octanol–water partition coefficient (Wildman–Crippen LogP) is 0.852. The van der Waals surface area contributed by atoms with E-state index >= 15 is 0 Å². The van der Waals surface area contributed by atoms with Crippen LogP contribution in [0, 0.1) is 16.7 Å². The molecule has 1 amide bonds. The van der Waals surface area contributed by atoms with E-state index in [9.17, 15) is 9.59 Å². The van der Waals surface area contributed by atoms with Gasteiger partial charge in [0.25, 0.3) is 5.91 Å². The van der Waals surface area contributed by atoms with Crippen molar-refractivity contribution in [3.8, 4) is 0 Å². The monoisotopic (exact) mass is 505 g/mol. The third kappa shape index (κ3) is 3.91. The molecule has 1 aliphatic rings. The van der Waals surface area contributed by atoms with Gasteiger partial charge in [-0.3, -0.25) is 15.0 Å². The van der Waals surface area contributed by atoms with Gasteiger partial charge in [-0.1, -0.05) is 9.24 Å². The molecule has 0 aromatic rings. The number of carbonyl (C=O) groups excluding carboxylic acids is 2. The van der Waals surface area contributed by atoms with E-state index in [1.54, 1.807) is 4.90 Å². The molecular formula is C11H16EsN3O2P. The Labute approximate surface area is 102 Å². The van der Waals surface area contributed by atoms with E-state index in [1.165, 1.54) is 12.2 Å². The van der Waals surface area contributed by atoms with Gasteiger partial charge in [0.2, 0.25) is 0 Å². The van der Waals surface area contributed by atoms with Crippen molar-refractivity contribution in [2.75, 3.05) is 13.1 Å². The Kier molecular flexibility index (Phi) is 6.15. The van der Waals surface area contributed by atoms with E-state index in [0.717, 1.165) is 6.21 Å². The van der Waals surface area contributed by atoms with Crippen molar-refractivity contribution < 1.29 is 9.59 Å². The van der Waals surface area contributed by atoms with Gasteiger partial charge in [0.05, 0.1) is 0 Å². The largest absolute Gasteiger partial charge is 0.337 e. The molecule has 1 saturated heterocycles. The molecule has 1 radical (unpaired) electrons. The fourth-order valence-electron chi connectivity index (χ4n) is 1.75. The molecular weight excluding hydrogens is 489 g/mol. The molecule has 103 valence electrons. The van der Waals surface area contributed by atoms with Crippen molar-refractivity contribution >= 4 is 32.6 Å². The Morgan fingerprint density at radius 2 is 1.83 bits per heavy atom. The van der Waals surface area contributed by atoms with Crippen LogP contribution in [-0.4, -0.2) is 41.3 Å². The van der Waals surface area contributed by atoms with Gasteiger partial charge in [-0.15, -0.1) is 0 Å². The van der Waals surface area contributed by atoms with Crippen LogP contribution in [0.3, 0.4) is 0 Å². The molecule has 1 atom stereocenters. The first kappa shape index (κ1) is 15.7. The number of nitrogens with zero attached hydrogens (tertiary/aromatic N) is 1. The van der Waals surface area contributed by atoms with Crippen LogP contribution in [0.4, 0.5) is 0 Å². The van der Waals surface area contributed by atoms with Gasteiger partial charge in [-0.05, 0) is 25.0 Å². The van der Waals surface area contributed by atoms with E-state index in [1.807, 2.05) is 0 Å². The van der Waals surface area contributed by atoms with Crippen LogP contribution in [-0.2, 0) is 9.59 Å². The van der Waals surface area contributed by atoms with Gasteiger partial charge in [0, 0.05) is 25.2 Å². The van der Waals surface area contributed by atoms with Gasteiger partial charge >= 0.3 is 0 Å². The zero-order valence-electron chi connectivity index (χ0n) is 9.78. The third-order valence-corrected chi connectivity index (χ3v) is 3.25. The van der Waals surface area contributed by atoms with Gasteiger partial charge in [-0.2, -0.15) is 0 Å². The van der Waals surface area contributed by atoms with Crippen molar-refractivity contribution in [3.05, 3.63) is 12.2 Å². The average Bonchev–Trinajstić information content (AvgIpc) is 2.35. The minimum absolute atomic E-state index is 0. The summed E-state index contributed by atoms with van der Waals surface area (Å²) in [5, 5.41) is 14.3. The summed E-state index contributed by atoms with van der Waals surface area (Å²) in [6.45, 7) is 1.04. The van der Waals surface area contributed by atoms with E-state index in [4.69, 9.17) is 10.8 Å². The fourth-order valence-corrected chi connectivity index (χ4v) is 2.09. The molecule has 7 heteroatoms. The minimum Gasteiger partial charge on any atom is -0.337 e. The number of piperidine rings is 1. The van der Waals surface area contributed by atoms with E-state index in [2.05, 4.69) is 9.24 Å². The van der Waals surface area contributed by atoms with Gasteiger partial charge < -0.3 is 10.3 Å². The van der Waals surface area contributed by atoms with E-state index in [0.29, 0.717) is 25.9 Å². The maximum atomic E-state index is 11.8. The first-order valence-electron chi connectivity index (χ1n) is 5.40. The number of amides is 1. The standard InChI is InChI=1S/C11H16N3O2P.Es/c12-5-1-2-9(13)10(15)14-6-3-8(4-7-14)11(16)17;/h1-2,5,8,12-13H,3-4,6-7,17H2;/b2-1-,12-5?,13-9?;. The van der Waals surface area contributed by atoms with Crippen molar-refractivity contribution in [3.63, 3.8) is 0 Å². The van der Waals surface area contributed by atoms with Crippen LogP contribution in [0.1, 0.15) is 12.8 Å². The van der Waals surface area contributed by atoms with Crippen LogP contribution >= 0.6 is 9.24 Å². The molecule has 0 spiro atoms. The second-order valence-corrected chi connectivity index (χ2v) is 4.48. The number of rotatable bonds is 4. The summed E-state index contributed by atoms with van der Waals surface area (Å²) >= 11 is 0. The van der Waals surface area contributed by atoms with E-state index < -0.39 is 0 Å². The number of carbonyl (C=O) groups is 2. The summed E-state index contributed by atoms with van der Waals surface area (Å²) in [5.41, 5.74) is -0.0278. The van der Waals surface area contributed by atoms with Crippen molar-refractivity contribution in [1.29, 1.82) is 10.8 Å². The Morgan fingerprint density at radius 1 is 1.28 bits per heavy atom. The molecule has 0 aromatic carbocycles. The van der Waals surface area contributed by atoms with Crippen LogP contribution in [0.5, 0.6) is 0 Å². The first-order chi connectivity index (χ1) is 8.06. The molecule has 2 N–H and O–H groups in total. The Bertz CT molecular complexity index is 376. The zero-order chi connectivity index (χ0) is 12.8. The predicted molar refractivity (Wildman–Crippen MR) is 69.7 cm³/mol. The zero-order valence-corrected chi connectivity index (χ0v) is 13.4. The van der Waals surface area contributed by atoms with Crippen LogP contribution in [0.25, 0.3) is 0 Å². The van der Waals surface area contributed by atoms with Crippen molar-refractivity contribution in [2.24, 2.45) is 5.92 Å². The molecule has 1 rings (SSSR count). The SMILES string of the molecule is N=C/C=C\C(=N)C(=O)N1CCC(C(=O)P)CC1.[Es]. The van der Waals surface area contributed by atoms with Crippen molar-refractivity contribution in [2.45, 2.75) is 12.8 Å². The molecule has 5 nitrogen and oxygen atoms in total.